The zero-order valence-corrected chi connectivity index (χ0v) is 24.6. The lowest BCUT2D eigenvalue weighted by Crippen LogP contribution is -2.30. The number of carbonyl (C=O) groups excluding carboxylic acids is 5. The molecule has 0 aromatic rings. The normalized spacial score (nSPS) is 30.0. The summed E-state index contributed by atoms with van der Waals surface area (Å²) in [5, 5.41) is 0. The molecule has 5 aliphatic rings. The van der Waals surface area contributed by atoms with Gasteiger partial charge in [0.1, 0.15) is 5.78 Å². The average molecular weight is 565 g/mol. The van der Waals surface area contributed by atoms with Crippen LogP contribution < -0.4 is 0 Å². The van der Waals surface area contributed by atoms with Gasteiger partial charge >= 0.3 is 0 Å². The Morgan fingerprint density at radius 3 is 1.73 bits per heavy atom. The molecule has 7 heteroatoms. The van der Waals surface area contributed by atoms with Crippen molar-refractivity contribution in [3.8, 4) is 0 Å². The molecule has 5 rings (SSSR count). The van der Waals surface area contributed by atoms with Crippen molar-refractivity contribution in [1.29, 1.82) is 0 Å². The third kappa shape index (κ3) is 7.45. The van der Waals surface area contributed by atoms with Crippen LogP contribution in [-0.2, 0) is 24.0 Å². The number of ketones is 1. The first-order valence-corrected chi connectivity index (χ1v) is 16.5. The first kappa shape index (κ1) is 29.9. The van der Waals surface area contributed by atoms with Crippen LogP contribution in [0.15, 0.2) is 24.3 Å². The molecule has 3 aliphatic carbocycles. The standard InChI is InChI=1S/C34H48N2O5/c37-27(11-7-5-9-19-36-33(40)16-17-34(36)41)13-12-25-22-26-23-29(25)30-21-24(20-28(26)30)10-6-3-1-2-4-8-18-35-31(38)14-15-32(35)39/h14-17,24-26,28-30H,1-13,18-23H2. The predicted octanol–water partition coefficient (Wildman–Crippen LogP) is 5.78. The van der Waals surface area contributed by atoms with E-state index >= 15 is 0 Å². The van der Waals surface area contributed by atoms with Crippen LogP contribution in [0.2, 0.25) is 0 Å². The number of fused-ring (bicyclic) bond motifs is 5. The molecule has 0 radical (unpaired) electrons. The second-order valence-corrected chi connectivity index (χ2v) is 13.4. The monoisotopic (exact) mass is 564 g/mol. The van der Waals surface area contributed by atoms with Crippen LogP contribution in [0.1, 0.15) is 109 Å². The fraction of sp³-hybridized carbons (Fsp3) is 0.735. The number of imide groups is 2. The molecule has 3 fully saturated rings. The van der Waals surface area contributed by atoms with E-state index in [0.717, 1.165) is 80.5 Å². The van der Waals surface area contributed by atoms with Gasteiger partial charge < -0.3 is 0 Å². The van der Waals surface area contributed by atoms with Crippen LogP contribution in [0, 0.1) is 35.5 Å². The maximum atomic E-state index is 12.6. The maximum absolute atomic E-state index is 12.6. The van der Waals surface area contributed by atoms with Crippen LogP contribution in [-0.4, -0.2) is 52.3 Å². The van der Waals surface area contributed by atoms with E-state index in [1.165, 1.54) is 91.9 Å². The van der Waals surface area contributed by atoms with Crippen LogP contribution in [0.3, 0.4) is 0 Å². The van der Waals surface area contributed by atoms with E-state index in [0.29, 0.717) is 25.3 Å². The van der Waals surface area contributed by atoms with Crippen molar-refractivity contribution < 1.29 is 24.0 Å². The van der Waals surface area contributed by atoms with Crippen LogP contribution in [0.5, 0.6) is 0 Å². The molecule has 224 valence electrons. The molecule has 6 unspecified atom stereocenters. The highest BCUT2D eigenvalue weighted by molar-refractivity contribution is 6.13. The number of hydrogen-bond acceptors (Lipinski definition) is 5. The number of rotatable bonds is 18. The van der Waals surface area contributed by atoms with E-state index in [1.807, 2.05) is 0 Å². The molecule has 2 bridgehead atoms. The van der Waals surface area contributed by atoms with Gasteiger partial charge in [-0.1, -0.05) is 44.9 Å². The Morgan fingerprint density at radius 1 is 0.561 bits per heavy atom. The molecule has 41 heavy (non-hydrogen) atoms. The number of unbranched alkanes of at least 4 members (excludes halogenated alkanes) is 7. The summed E-state index contributed by atoms with van der Waals surface area (Å²) in [5.74, 6) is 4.90. The Balaban J connectivity index is 0.885. The molecule has 0 N–H and O–H groups in total. The Bertz CT molecular complexity index is 1030. The highest BCUT2D eigenvalue weighted by Gasteiger charge is 2.55. The Morgan fingerprint density at radius 2 is 1.10 bits per heavy atom. The minimum atomic E-state index is -0.220. The van der Waals surface area contributed by atoms with Gasteiger partial charge in [-0.25, -0.2) is 0 Å². The Hall–Kier alpha value is -2.57. The van der Waals surface area contributed by atoms with Crippen molar-refractivity contribution in [2.75, 3.05) is 13.1 Å². The van der Waals surface area contributed by atoms with E-state index in [-0.39, 0.29) is 23.6 Å². The molecule has 2 heterocycles. The molecule has 7 nitrogen and oxygen atoms in total. The van der Waals surface area contributed by atoms with E-state index in [9.17, 15) is 24.0 Å². The summed E-state index contributed by atoms with van der Waals surface area (Å²) < 4.78 is 0. The zero-order valence-electron chi connectivity index (χ0n) is 24.6. The molecule has 0 aromatic carbocycles. The lowest BCUT2D eigenvalue weighted by Gasteiger charge is -2.31. The number of amides is 4. The minimum absolute atomic E-state index is 0.167. The molecule has 6 atom stereocenters. The fourth-order valence-electron chi connectivity index (χ4n) is 8.85. The van der Waals surface area contributed by atoms with Crippen LogP contribution >= 0.6 is 0 Å². The van der Waals surface area contributed by atoms with Gasteiger partial charge in [-0.05, 0) is 86.9 Å². The van der Waals surface area contributed by atoms with E-state index in [1.54, 1.807) is 0 Å². The van der Waals surface area contributed by atoms with Crippen molar-refractivity contribution in [2.45, 2.75) is 109 Å². The van der Waals surface area contributed by atoms with Crippen molar-refractivity contribution in [3.05, 3.63) is 24.3 Å². The third-order valence-electron chi connectivity index (χ3n) is 10.9. The lowest BCUT2D eigenvalue weighted by molar-refractivity contribution is -0.138. The Labute approximate surface area is 245 Å². The summed E-state index contributed by atoms with van der Waals surface area (Å²) in [6, 6.07) is 0. The average Bonchev–Trinajstić information content (AvgIpc) is 3.76. The summed E-state index contributed by atoms with van der Waals surface area (Å²) in [6.07, 6.45) is 24.3. The van der Waals surface area contributed by atoms with Gasteiger partial charge in [-0.2, -0.15) is 0 Å². The molecule has 2 aliphatic heterocycles. The van der Waals surface area contributed by atoms with Crippen LogP contribution in [0.25, 0.3) is 0 Å². The summed E-state index contributed by atoms with van der Waals surface area (Å²) in [4.78, 5) is 61.6. The number of hydrogen-bond donors (Lipinski definition) is 0. The fourth-order valence-corrected chi connectivity index (χ4v) is 8.85. The molecule has 3 saturated carbocycles. The van der Waals surface area contributed by atoms with Gasteiger partial charge in [-0.3, -0.25) is 33.8 Å². The van der Waals surface area contributed by atoms with Crippen molar-refractivity contribution in [2.24, 2.45) is 35.5 Å². The third-order valence-corrected chi connectivity index (χ3v) is 10.9. The molecule has 4 amide bonds. The quantitative estimate of drug-likeness (QED) is 0.156. The zero-order chi connectivity index (χ0) is 28.8. The first-order chi connectivity index (χ1) is 19.9. The molecule has 0 saturated heterocycles. The van der Waals surface area contributed by atoms with Crippen molar-refractivity contribution in [1.82, 2.24) is 9.80 Å². The smallest absolute Gasteiger partial charge is 0.253 e. The van der Waals surface area contributed by atoms with Crippen LogP contribution in [0.4, 0.5) is 0 Å². The molecule has 0 aromatic heterocycles. The highest BCUT2D eigenvalue weighted by atomic mass is 16.2. The number of nitrogens with zero attached hydrogens (tertiary/aromatic N) is 2. The van der Waals surface area contributed by atoms with Gasteiger partial charge in [0.05, 0.1) is 0 Å². The van der Waals surface area contributed by atoms with Gasteiger partial charge in [0.2, 0.25) is 0 Å². The summed E-state index contributed by atoms with van der Waals surface area (Å²) in [6.45, 7) is 1.01. The topological polar surface area (TPSA) is 91.8 Å². The molecular weight excluding hydrogens is 516 g/mol. The number of Topliss-reactive ketones (excluding diaryl/α,β-unsaturated/α-hetero) is 1. The number of carbonyl (C=O) groups is 5. The summed E-state index contributed by atoms with van der Waals surface area (Å²) in [7, 11) is 0. The van der Waals surface area contributed by atoms with Gasteiger partial charge in [-0.15, -0.1) is 0 Å². The summed E-state index contributed by atoms with van der Waals surface area (Å²) >= 11 is 0. The van der Waals surface area contributed by atoms with Crippen molar-refractivity contribution >= 4 is 29.4 Å². The van der Waals surface area contributed by atoms with Crippen molar-refractivity contribution in [3.63, 3.8) is 0 Å². The van der Waals surface area contributed by atoms with Gasteiger partial charge in [0.25, 0.3) is 23.6 Å². The van der Waals surface area contributed by atoms with Gasteiger partial charge in [0.15, 0.2) is 0 Å². The Kier molecular flexibility index (Phi) is 10.3. The second-order valence-electron chi connectivity index (χ2n) is 13.4. The minimum Gasteiger partial charge on any atom is -0.300 e. The maximum Gasteiger partial charge on any atom is 0.253 e. The van der Waals surface area contributed by atoms with Gasteiger partial charge in [0, 0.05) is 50.2 Å². The van der Waals surface area contributed by atoms with E-state index < -0.39 is 0 Å². The highest BCUT2D eigenvalue weighted by Crippen LogP contribution is 2.63. The predicted molar refractivity (Wildman–Crippen MR) is 156 cm³/mol. The lowest BCUT2D eigenvalue weighted by atomic mass is 9.74. The largest absolute Gasteiger partial charge is 0.300 e. The van der Waals surface area contributed by atoms with E-state index in [4.69, 9.17) is 0 Å². The van der Waals surface area contributed by atoms with E-state index in [2.05, 4.69) is 0 Å². The second kappa shape index (κ2) is 14.1. The SMILES string of the molecule is O=C(CCCCCN1C(=O)C=CC1=O)CCC1CC2CC1C1CC(CCCCCCCCN3C(=O)C=CC3=O)CC21. The summed E-state index contributed by atoms with van der Waals surface area (Å²) in [5.41, 5.74) is 0. The molecular formula is C34H48N2O5. The molecule has 0 spiro atoms. The first-order valence-electron chi connectivity index (χ1n) is 16.5.